The predicted molar refractivity (Wildman–Crippen MR) is 96.9 cm³/mol. The van der Waals surface area contributed by atoms with Crippen molar-refractivity contribution in [3.63, 3.8) is 0 Å². The highest BCUT2D eigenvalue weighted by Gasteiger charge is 2.32. The highest BCUT2D eigenvalue weighted by atomic mass is 16.2. The van der Waals surface area contributed by atoms with Crippen molar-refractivity contribution in [2.45, 2.75) is 19.4 Å². The van der Waals surface area contributed by atoms with Crippen LogP contribution < -0.4 is 5.73 Å². The monoisotopic (exact) mass is 355 g/mol. The highest BCUT2D eigenvalue weighted by Crippen LogP contribution is 2.20. The molecule has 0 aromatic heterocycles. The van der Waals surface area contributed by atoms with Crippen molar-refractivity contribution in [3.05, 3.63) is 35.4 Å². The van der Waals surface area contributed by atoms with Gasteiger partial charge in [-0.1, -0.05) is 12.1 Å². The van der Waals surface area contributed by atoms with E-state index in [4.69, 9.17) is 11.0 Å². The molecular weight excluding hydrogens is 330 g/mol. The van der Waals surface area contributed by atoms with E-state index in [-0.39, 0.29) is 11.8 Å². The van der Waals surface area contributed by atoms with Crippen molar-refractivity contribution in [3.8, 4) is 6.07 Å². The van der Waals surface area contributed by atoms with Gasteiger partial charge in [0.15, 0.2) is 0 Å². The number of piperidine rings is 1. The molecule has 0 bridgehead atoms. The Morgan fingerprint density at radius 1 is 1.15 bits per heavy atom. The minimum atomic E-state index is -0.438. The molecule has 2 saturated heterocycles. The van der Waals surface area contributed by atoms with Crippen LogP contribution in [0.2, 0.25) is 0 Å². The molecule has 26 heavy (non-hydrogen) atoms. The molecule has 7 heteroatoms. The number of amides is 3. The minimum absolute atomic E-state index is 0.130. The second-order valence-corrected chi connectivity index (χ2v) is 7.04. The van der Waals surface area contributed by atoms with Gasteiger partial charge in [-0.05, 0) is 30.5 Å². The molecule has 0 aliphatic carbocycles. The molecule has 1 aromatic rings. The summed E-state index contributed by atoms with van der Waals surface area (Å²) in [5.74, 6) is 0.0113. The Balaban J connectivity index is 1.50. The fourth-order valence-corrected chi connectivity index (χ4v) is 3.76. The third kappa shape index (κ3) is 4.33. The topological polar surface area (TPSA) is 93.7 Å². The average Bonchev–Trinajstić information content (AvgIpc) is 2.68. The van der Waals surface area contributed by atoms with E-state index in [1.54, 1.807) is 11.0 Å². The van der Waals surface area contributed by atoms with E-state index in [1.165, 1.54) is 0 Å². The van der Waals surface area contributed by atoms with Crippen molar-refractivity contribution < 1.29 is 9.59 Å². The van der Waals surface area contributed by atoms with Crippen molar-refractivity contribution in [2.24, 2.45) is 11.7 Å². The molecule has 0 spiro atoms. The first-order valence-electron chi connectivity index (χ1n) is 9.11. The highest BCUT2D eigenvalue weighted by molar-refractivity contribution is 5.80. The summed E-state index contributed by atoms with van der Waals surface area (Å²) in [5, 5.41) is 9.00. The summed E-state index contributed by atoms with van der Waals surface area (Å²) in [7, 11) is 0. The minimum Gasteiger partial charge on any atom is -0.351 e. The van der Waals surface area contributed by atoms with Crippen LogP contribution in [0.15, 0.2) is 24.3 Å². The Hall–Kier alpha value is -2.59. The second-order valence-electron chi connectivity index (χ2n) is 7.04. The number of primary amides is 1. The van der Waals surface area contributed by atoms with Gasteiger partial charge >= 0.3 is 6.03 Å². The molecule has 0 saturated carbocycles. The van der Waals surface area contributed by atoms with Gasteiger partial charge in [-0.15, -0.1) is 0 Å². The molecule has 2 aliphatic rings. The van der Waals surface area contributed by atoms with Crippen LogP contribution in [0.4, 0.5) is 4.79 Å². The van der Waals surface area contributed by atoms with Crippen LogP contribution in [0, 0.1) is 17.2 Å². The summed E-state index contributed by atoms with van der Waals surface area (Å²) >= 11 is 0. The molecule has 2 fully saturated rings. The van der Waals surface area contributed by atoms with Crippen molar-refractivity contribution in [2.75, 3.05) is 39.3 Å². The van der Waals surface area contributed by atoms with Crippen molar-refractivity contribution >= 4 is 11.9 Å². The summed E-state index contributed by atoms with van der Waals surface area (Å²) in [6.45, 7) is 4.90. The molecule has 3 amide bonds. The molecule has 0 unspecified atom stereocenters. The molecule has 0 radical (unpaired) electrons. The molecule has 7 nitrogen and oxygen atoms in total. The second kappa shape index (κ2) is 8.19. The summed E-state index contributed by atoms with van der Waals surface area (Å²) < 4.78 is 0. The Labute approximate surface area is 153 Å². The Morgan fingerprint density at radius 3 is 2.62 bits per heavy atom. The normalized spacial score (nSPS) is 21.3. The van der Waals surface area contributed by atoms with Gasteiger partial charge in [0.25, 0.3) is 0 Å². The summed E-state index contributed by atoms with van der Waals surface area (Å²) in [5.41, 5.74) is 7.15. The lowest BCUT2D eigenvalue weighted by Gasteiger charge is -2.38. The van der Waals surface area contributed by atoms with Crippen molar-refractivity contribution in [1.82, 2.24) is 14.7 Å². The fourth-order valence-electron chi connectivity index (χ4n) is 3.76. The predicted octanol–water partition coefficient (Wildman–Crippen LogP) is 0.993. The van der Waals surface area contributed by atoms with Crippen LogP contribution in [0.3, 0.4) is 0 Å². The zero-order valence-corrected chi connectivity index (χ0v) is 14.9. The lowest BCUT2D eigenvalue weighted by Crippen LogP contribution is -2.53. The number of nitrogens with zero attached hydrogens (tertiary/aromatic N) is 4. The first-order chi connectivity index (χ1) is 12.6. The van der Waals surface area contributed by atoms with Crippen LogP contribution in [0.1, 0.15) is 24.0 Å². The number of nitriles is 1. The number of hydrogen-bond donors (Lipinski definition) is 1. The molecule has 2 heterocycles. The summed E-state index contributed by atoms with van der Waals surface area (Å²) in [6.07, 6.45) is 1.65. The molecule has 1 aromatic carbocycles. The maximum absolute atomic E-state index is 12.8. The summed E-state index contributed by atoms with van der Waals surface area (Å²) in [4.78, 5) is 29.9. The van der Waals surface area contributed by atoms with E-state index in [2.05, 4.69) is 11.0 Å². The number of nitrogens with two attached hydrogens (primary N) is 1. The average molecular weight is 355 g/mol. The lowest BCUT2D eigenvalue weighted by atomic mass is 9.96. The van der Waals surface area contributed by atoms with Gasteiger partial charge in [0.1, 0.15) is 0 Å². The lowest BCUT2D eigenvalue weighted by molar-refractivity contribution is -0.138. The number of urea groups is 1. The number of carbonyl (C=O) groups excluding carboxylic acids is 2. The van der Waals surface area contributed by atoms with Gasteiger partial charge in [0.2, 0.25) is 5.91 Å². The zero-order valence-electron chi connectivity index (χ0n) is 14.9. The quantitative estimate of drug-likeness (QED) is 0.875. The Bertz CT molecular complexity index is 706. The van der Waals surface area contributed by atoms with Gasteiger partial charge in [-0.25, -0.2) is 4.79 Å². The number of likely N-dealkylation sites (tertiary alicyclic amines) is 1. The van der Waals surface area contributed by atoms with Gasteiger partial charge in [-0.3, -0.25) is 9.69 Å². The third-order valence-electron chi connectivity index (χ3n) is 5.23. The maximum atomic E-state index is 12.8. The van der Waals surface area contributed by atoms with E-state index in [0.717, 1.165) is 38.0 Å². The van der Waals surface area contributed by atoms with Crippen LogP contribution in [0.25, 0.3) is 0 Å². The molecule has 138 valence electrons. The smallest absolute Gasteiger partial charge is 0.314 e. The van der Waals surface area contributed by atoms with Gasteiger partial charge in [-0.2, -0.15) is 5.26 Å². The number of benzene rings is 1. The van der Waals surface area contributed by atoms with E-state index >= 15 is 0 Å². The van der Waals surface area contributed by atoms with Gasteiger partial charge in [0.05, 0.1) is 17.6 Å². The van der Waals surface area contributed by atoms with Gasteiger partial charge in [0, 0.05) is 45.8 Å². The first kappa shape index (κ1) is 18.2. The Kier molecular flexibility index (Phi) is 5.74. The van der Waals surface area contributed by atoms with E-state index in [1.807, 2.05) is 23.1 Å². The Morgan fingerprint density at radius 2 is 1.92 bits per heavy atom. The molecule has 1 atom stereocenters. The zero-order chi connectivity index (χ0) is 18.5. The molecule has 2 aliphatic heterocycles. The van der Waals surface area contributed by atoms with Crippen LogP contribution >= 0.6 is 0 Å². The van der Waals surface area contributed by atoms with E-state index < -0.39 is 6.03 Å². The van der Waals surface area contributed by atoms with Gasteiger partial charge < -0.3 is 15.5 Å². The van der Waals surface area contributed by atoms with E-state index in [9.17, 15) is 9.59 Å². The van der Waals surface area contributed by atoms with Crippen LogP contribution in [-0.4, -0.2) is 65.9 Å². The van der Waals surface area contributed by atoms with Crippen LogP contribution in [-0.2, 0) is 11.3 Å². The van der Waals surface area contributed by atoms with E-state index in [0.29, 0.717) is 31.7 Å². The van der Waals surface area contributed by atoms with Crippen LogP contribution in [0.5, 0.6) is 0 Å². The largest absolute Gasteiger partial charge is 0.351 e. The molecular formula is C19H25N5O2. The van der Waals surface area contributed by atoms with Crippen molar-refractivity contribution in [1.29, 1.82) is 5.26 Å². The maximum Gasteiger partial charge on any atom is 0.314 e. The standard InChI is InChI=1S/C19H25N5O2/c20-12-15-3-1-4-16(11-15)13-22-7-9-23(10-8-22)18(25)17-5-2-6-24(14-17)19(21)26/h1,3-4,11,17H,2,5-10,13-14H2,(H2,21,26)/t17-/m1/s1. The number of piperazine rings is 1. The summed E-state index contributed by atoms with van der Waals surface area (Å²) in [6, 6.07) is 9.38. The fraction of sp³-hybridized carbons (Fsp3) is 0.526. The number of hydrogen-bond acceptors (Lipinski definition) is 4. The number of carbonyl (C=O) groups is 2. The third-order valence-corrected chi connectivity index (χ3v) is 5.23. The first-order valence-corrected chi connectivity index (χ1v) is 9.11. The number of rotatable bonds is 3. The SMILES string of the molecule is N#Cc1cccc(CN2CCN(C(=O)[C@@H]3CCCN(C(N)=O)C3)CC2)c1. The molecule has 3 rings (SSSR count). The molecule has 2 N–H and O–H groups in total.